The van der Waals surface area contributed by atoms with E-state index in [-0.39, 0.29) is 5.97 Å². The molecule has 0 spiro atoms. The number of hydrogen-bond donors (Lipinski definition) is 1. The van der Waals surface area contributed by atoms with Crippen LogP contribution in [0.25, 0.3) is 0 Å². The molecule has 21 heavy (non-hydrogen) atoms. The second-order valence-corrected chi connectivity index (χ2v) is 6.33. The summed E-state index contributed by atoms with van der Waals surface area (Å²) in [6, 6.07) is 0. The molecule has 0 aliphatic heterocycles. The molecule has 1 atom stereocenters. The van der Waals surface area contributed by atoms with Crippen molar-refractivity contribution in [2.24, 2.45) is 5.92 Å². The van der Waals surface area contributed by atoms with Crippen molar-refractivity contribution < 1.29 is 9.53 Å². The summed E-state index contributed by atoms with van der Waals surface area (Å²) in [5, 5.41) is 3.28. The number of nitrogens with one attached hydrogen (secondary N) is 1. The molecule has 1 saturated carbocycles. The van der Waals surface area contributed by atoms with Crippen LogP contribution in [0, 0.1) is 12.8 Å². The Bertz CT molecular complexity index is 548. The Hall–Kier alpha value is -1.36. The third-order valence-corrected chi connectivity index (χ3v) is 5.10. The Kier molecular flexibility index (Phi) is 3.78. The zero-order valence-corrected chi connectivity index (χ0v) is 13.2. The maximum Gasteiger partial charge on any atom is 0.328 e. The van der Waals surface area contributed by atoms with Crippen LogP contribution < -0.4 is 5.32 Å². The summed E-state index contributed by atoms with van der Waals surface area (Å²) < 4.78 is 7.36. The third kappa shape index (κ3) is 2.37. The highest BCUT2D eigenvalue weighted by Gasteiger charge is 2.51. The molecule has 1 N–H and O–H groups in total. The van der Waals surface area contributed by atoms with Gasteiger partial charge in [-0.1, -0.05) is 0 Å². The molecule has 1 fully saturated rings. The summed E-state index contributed by atoms with van der Waals surface area (Å²) in [6.07, 6.45) is 6.75. The van der Waals surface area contributed by atoms with Crippen molar-refractivity contribution in [1.29, 1.82) is 0 Å². The van der Waals surface area contributed by atoms with Crippen LogP contribution in [0.3, 0.4) is 0 Å². The van der Waals surface area contributed by atoms with E-state index < -0.39 is 5.54 Å². The first-order chi connectivity index (χ1) is 10.1. The fourth-order valence-corrected chi connectivity index (χ4v) is 3.70. The summed E-state index contributed by atoms with van der Waals surface area (Å²) in [4.78, 5) is 17.2. The minimum atomic E-state index is -0.606. The fourth-order valence-electron chi connectivity index (χ4n) is 3.70. The second kappa shape index (κ2) is 5.44. The Morgan fingerprint density at radius 1 is 1.43 bits per heavy atom. The molecular weight excluding hydrogens is 266 g/mol. The highest BCUT2D eigenvalue weighted by Crippen LogP contribution is 2.42. The molecule has 2 aliphatic carbocycles. The van der Waals surface area contributed by atoms with E-state index >= 15 is 0 Å². The largest absolute Gasteiger partial charge is 0.468 e. The first-order valence-electron chi connectivity index (χ1n) is 7.94. The SMILES string of the molecule is CNC(Cn1c(C)nc2c1CCCC2)(C(=O)OC)C1CC1. The zero-order chi connectivity index (χ0) is 15.0. The molecule has 5 nitrogen and oxygen atoms in total. The minimum absolute atomic E-state index is 0.148. The van der Waals surface area contributed by atoms with E-state index in [0.29, 0.717) is 12.5 Å². The molecule has 0 amide bonds. The molecule has 2 aliphatic rings. The van der Waals surface area contributed by atoms with Crippen molar-refractivity contribution in [1.82, 2.24) is 14.9 Å². The van der Waals surface area contributed by atoms with Gasteiger partial charge in [-0.15, -0.1) is 0 Å². The van der Waals surface area contributed by atoms with Gasteiger partial charge in [0.15, 0.2) is 0 Å². The summed E-state index contributed by atoms with van der Waals surface area (Å²) in [6.45, 7) is 2.68. The first-order valence-corrected chi connectivity index (χ1v) is 7.94. The van der Waals surface area contributed by atoms with E-state index in [1.165, 1.54) is 31.3 Å². The summed E-state index contributed by atoms with van der Waals surface area (Å²) in [7, 11) is 3.35. The molecule has 0 radical (unpaired) electrons. The second-order valence-electron chi connectivity index (χ2n) is 6.33. The van der Waals surface area contributed by atoms with E-state index in [1.54, 1.807) is 0 Å². The van der Waals surface area contributed by atoms with Crippen LogP contribution in [0.4, 0.5) is 0 Å². The lowest BCUT2D eigenvalue weighted by molar-refractivity contribution is -0.150. The van der Waals surface area contributed by atoms with E-state index in [4.69, 9.17) is 9.72 Å². The van der Waals surface area contributed by atoms with Crippen molar-refractivity contribution in [3.05, 3.63) is 17.2 Å². The number of carbonyl (C=O) groups is 1. The Labute approximate surface area is 126 Å². The number of carbonyl (C=O) groups excluding carboxylic acids is 1. The predicted molar refractivity (Wildman–Crippen MR) is 80.1 cm³/mol. The normalized spacial score (nSPS) is 20.7. The Morgan fingerprint density at radius 3 is 2.76 bits per heavy atom. The molecule has 1 unspecified atom stereocenters. The van der Waals surface area contributed by atoms with Crippen LogP contribution in [0.1, 0.15) is 42.9 Å². The van der Waals surface area contributed by atoms with Gasteiger partial charge < -0.3 is 14.6 Å². The van der Waals surface area contributed by atoms with Crippen LogP contribution >= 0.6 is 0 Å². The number of esters is 1. The van der Waals surface area contributed by atoms with Gasteiger partial charge >= 0.3 is 5.97 Å². The van der Waals surface area contributed by atoms with E-state index in [2.05, 4.69) is 9.88 Å². The van der Waals surface area contributed by atoms with E-state index in [0.717, 1.165) is 31.5 Å². The number of likely N-dealkylation sites (N-methyl/N-ethyl adjacent to an activating group) is 1. The average Bonchev–Trinajstić information content (AvgIpc) is 3.30. The monoisotopic (exact) mass is 291 g/mol. The lowest BCUT2D eigenvalue weighted by Gasteiger charge is -2.32. The first kappa shape index (κ1) is 14.6. The highest BCUT2D eigenvalue weighted by molar-refractivity contribution is 5.81. The van der Waals surface area contributed by atoms with Crippen molar-refractivity contribution in [3.8, 4) is 0 Å². The van der Waals surface area contributed by atoms with Crippen molar-refractivity contribution in [3.63, 3.8) is 0 Å². The van der Waals surface area contributed by atoms with E-state index in [9.17, 15) is 4.79 Å². The third-order valence-electron chi connectivity index (χ3n) is 5.10. The number of ether oxygens (including phenoxy) is 1. The molecule has 1 aromatic rings. The smallest absolute Gasteiger partial charge is 0.328 e. The van der Waals surface area contributed by atoms with Gasteiger partial charge in [0.25, 0.3) is 0 Å². The maximum atomic E-state index is 12.4. The number of nitrogens with zero attached hydrogens (tertiary/aromatic N) is 2. The Morgan fingerprint density at radius 2 is 2.14 bits per heavy atom. The van der Waals surface area contributed by atoms with Crippen LogP contribution in [0.15, 0.2) is 0 Å². The van der Waals surface area contributed by atoms with Crippen LogP contribution in [0.2, 0.25) is 0 Å². The summed E-state index contributed by atoms with van der Waals surface area (Å²) >= 11 is 0. The number of methoxy groups -OCH3 is 1. The van der Waals surface area contributed by atoms with Crippen molar-refractivity contribution in [2.45, 2.75) is 57.5 Å². The quantitative estimate of drug-likeness (QED) is 0.838. The van der Waals surface area contributed by atoms with Gasteiger partial charge in [-0.3, -0.25) is 0 Å². The van der Waals surface area contributed by atoms with E-state index in [1.807, 2.05) is 14.0 Å². The van der Waals surface area contributed by atoms with Crippen LogP contribution in [0.5, 0.6) is 0 Å². The number of imidazole rings is 1. The fraction of sp³-hybridized carbons (Fsp3) is 0.750. The molecule has 5 heteroatoms. The van der Waals surface area contributed by atoms with Crippen LogP contribution in [-0.4, -0.2) is 35.2 Å². The molecule has 1 heterocycles. The Balaban J connectivity index is 1.96. The summed E-state index contributed by atoms with van der Waals surface area (Å²) in [5.74, 6) is 1.24. The number of aromatic nitrogens is 2. The molecule has 116 valence electrons. The van der Waals surface area contributed by atoms with Gasteiger partial charge in [0, 0.05) is 5.69 Å². The van der Waals surface area contributed by atoms with Crippen LogP contribution in [-0.2, 0) is 28.9 Å². The average molecular weight is 291 g/mol. The molecule has 0 saturated heterocycles. The van der Waals surface area contributed by atoms with Gasteiger partial charge in [-0.25, -0.2) is 9.78 Å². The topological polar surface area (TPSA) is 56.2 Å². The standard InChI is InChI=1S/C16H25N3O2/c1-11-18-13-6-4-5-7-14(13)19(11)10-16(17-2,12-8-9-12)15(20)21-3/h12,17H,4-10H2,1-3H3. The number of hydrogen-bond acceptors (Lipinski definition) is 4. The van der Waals surface area contributed by atoms with Gasteiger partial charge in [-0.05, 0) is 58.4 Å². The summed E-state index contributed by atoms with van der Waals surface area (Å²) in [5.41, 5.74) is 1.94. The molecule has 0 bridgehead atoms. The van der Waals surface area contributed by atoms with Gasteiger partial charge in [-0.2, -0.15) is 0 Å². The predicted octanol–water partition coefficient (Wildman–Crippen LogP) is 1.61. The number of aryl methyl sites for hydroxylation is 2. The van der Waals surface area contributed by atoms with Gasteiger partial charge in [0.05, 0.1) is 19.3 Å². The van der Waals surface area contributed by atoms with Gasteiger partial charge in [0.2, 0.25) is 0 Å². The zero-order valence-electron chi connectivity index (χ0n) is 13.2. The minimum Gasteiger partial charge on any atom is -0.468 e. The lowest BCUT2D eigenvalue weighted by atomic mass is 9.92. The molecule has 3 rings (SSSR count). The van der Waals surface area contributed by atoms with Crippen molar-refractivity contribution >= 4 is 5.97 Å². The lowest BCUT2D eigenvalue weighted by Crippen LogP contribution is -2.56. The molecule has 1 aromatic heterocycles. The van der Waals surface area contributed by atoms with Crippen molar-refractivity contribution in [2.75, 3.05) is 14.2 Å². The highest BCUT2D eigenvalue weighted by atomic mass is 16.5. The number of fused-ring (bicyclic) bond motifs is 1. The molecular formula is C16H25N3O2. The molecule has 0 aromatic carbocycles. The number of rotatable bonds is 5. The maximum absolute atomic E-state index is 12.4. The van der Waals surface area contributed by atoms with Gasteiger partial charge in [0.1, 0.15) is 11.4 Å².